The van der Waals surface area contributed by atoms with Crippen molar-refractivity contribution >= 4 is 21.7 Å². The quantitative estimate of drug-likeness (QED) is 0.387. The van der Waals surface area contributed by atoms with Gasteiger partial charge in [0.25, 0.3) is 0 Å². The predicted octanol–water partition coefficient (Wildman–Crippen LogP) is 6.54. The van der Waals surface area contributed by atoms with Crippen LogP contribution in [-0.4, -0.2) is 4.98 Å². The van der Waals surface area contributed by atoms with Crippen molar-refractivity contribution < 1.29 is 4.39 Å². The maximum absolute atomic E-state index is 13.3. The zero-order valence-electron chi connectivity index (χ0n) is 14.3. The molecule has 0 aliphatic rings. The highest BCUT2D eigenvalue weighted by Crippen LogP contribution is 2.31. The highest BCUT2D eigenvalue weighted by molar-refractivity contribution is 6.08. The molecule has 4 aromatic rings. The van der Waals surface area contributed by atoms with Crippen molar-refractivity contribution in [3.63, 3.8) is 0 Å². The molecule has 0 N–H and O–H groups in total. The van der Waals surface area contributed by atoms with Crippen LogP contribution < -0.4 is 0 Å². The first-order chi connectivity index (χ1) is 12.3. The number of fused-ring (bicyclic) bond motifs is 3. The van der Waals surface area contributed by atoms with Gasteiger partial charge in [0.15, 0.2) is 0 Å². The highest BCUT2D eigenvalue weighted by Gasteiger charge is 2.10. The molecule has 0 amide bonds. The molecule has 0 aliphatic carbocycles. The average molecular weight is 329 g/mol. The van der Waals surface area contributed by atoms with E-state index in [1.54, 1.807) is 12.1 Å². The second-order valence-electron chi connectivity index (χ2n) is 6.46. The lowest BCUT2D eigenvalue weighted by molar-refractivity contribution is 0.628. The van der Waals surface area contributed by atoms with Gasteiger partial charge in [-0.25, -0.2) is 9.37 Å². The number of benzene rings is 3. The van der Waals surface area contributed by atoms with Gasteiger partial charge in [-0.3, -0.25) is 0 Å². The topological polar surface area (TPSA) is 12.9 Å². The van der Waals surface area contributed by atoms with Gasteiger partial charge in [0.2, 0.25) is 0 Å². The summed E-state index contributed by atoms with van der Waals surface area (Å²) in [7, 11) is 0. The zero-order valence-corrected chi connectivity index (χ0v) is 14.3. The third-order valence-electron chi connectivity index (χ3n) is 4.72. The van der Waals surface area contributed by atoms with Gasteiger partial charge in [-0.2, -0.15) is 0 Å². The van der Waals surface area contributed by atoms with Gasteiger partial charge >= 0.3 is 0 Å². The van der Waals surface area contributed by atoms with Gasteiger partial charge in [-0.05, 0) is 65.6 Å². The van der Waals surface area contributed by atoms with Gasteiger partial charge in [0, 0.05) is 10.9 Å². The molecule has 0 saturated carbocycles. The fourth-order valence-corrected chi connectivity index (χ4v) is 3.42. The molecule has 0 atom stereocenters. The maximum Gasteiger partial charge on any atom is 0.123 e. The Labute approximate surface area is 147 Å². The predicted molar refractivity (Wildman–Crippen MR) is 103 cm³/mol. The van der Waals surface area contributed by atoms with E-state index in [0.29, 0.717) is 0 Å². The molecule has 0 spiro atoms. The molecule has 1 aromatic heterocycles. The van der Waals surface area contributed by atoms with Crippen LogP contribution in [0.15, 0.2) is 66.7 Å². The number of aromatic nitrogens is 1. The molecule has 0 bridgehead atoms. The Balaban J connectivity index is 1.98. The minimum atomic E-state index is -0.221. The molecular weight excluding hydrogens is 309 g/mol. The summed E-state index contributed by atoms with van der Waals surface area (Å²) < 4.78 is 13.3. The molecule has 4 rings (SSSR count). The minimum absolute atomic E-state index is 0.221. The van der Waals surface area contributed by atoms with Crippen molar-refractivity contribution in [2.45, 2.75) is 26.2 Å². The standard InChI is InChI=1S/C23H20FN/c1-2-3-6-18-15-22(17-9-12-19(24)13-10-17)25-21-14-11-16-7-4-5-8-20(16)23(18)21/h4-5,7-15H,2-3,6H2,1H3. The molecule has 1 nitrogen and oxygen atoms in total. The summed E-state index contributed by atoms with van der Waals surface area (Å²) in [5.41, 5.74) is 4.19. The molecule has 2 heteroatoms. The molecule has 124 valence electrons. The summed E-state index contributed by atoms with van der Waals surface area (Å²) in [5, 5.41) is 3.74. The van der Waals surface area contributed by atoms with Gasteiger partial charge in [-0.1, -0.05) is 43.7 Å². The Morgan fingerprint density at radius 3 is 2.52 bits per heavy atom. The summed E-state index contributed by atoms with van der Waals surface area (Å²) in [6.07, 6.45) is 3.32. The lowest BCUT2D eigenvalue weighted by atomic mass is 9.96. The van der Waals surface area contributed by atoms with E-state index in [9.17, 15) is 4.39 Å². The summed E-state index contributed by atoms with van der Waals surface area (Å²) >= 11 is 0. The molecule has 0 unspecified atom stereocenters. The van der Waals surface area contributed by atoms with Crippen LogP contribution in [0.2, 0.25) is 0 Å². The zero-order chi connectivity index (χ0) is 17.2. The summed E-state index contributed by atoms with van der Waals surface area (Å²) in [4.78, 5) is 4.87. The van der Waals surface area contributed by atoms with E-state index in [1.165, 1.54) is 33.9 Å². The summed E-state index contributed by atoms with van der Waals surface area (Å²) in [6.45, 7) is 2.21. The number of hydrogen-bond donors (Lipinski definition) is 0. The van der Waals surface area contributed by atoms with Crippen LogP contribution in [0.4, 0.5) is 4.39 Å². The molecule has 0 radical (unpaired) electrons. The first-order valence-corrected chi connectivity index (χ1v) is 8.83. The number of hydrogen-bond acceptors (Lipinski definition) is 1. The molecule has 0 saturated heterocycles. The van der Waals surface area contributed by atoms with Crippen molar-refractivity contribution in [2.75, 3.05) is 0 Å². The highest BCUT2D eigenvalue weighted by atomic mass is 19.1. The van der Waals surface area contributed by atoms with E-state index >= 15 is 0 Å². The van der Waals surface area contributed by atoms with Gasteiger partial charge < -0.3 is 0 Å². The largest absolute Gasteiger partial charge is 0.248 e. The molecular formula is C23H20FN. The first-order valence-electron chi connectivity index (χ1n) is 8.83. The molecule has 1 heterocycles. The van der Waals surface area contributed by atoms with Crippen LogP contribution in [0.25, 0.3) is 32.9 Å². The van der Waals surface area contributed by atoms with Crippen LogP contribution in [0.5, 0.6) is 0 Å². The Morgan fingerprint density at radius 2 is 1.72 bits per heavy atom. The van der Waals surface area contributed by atoms with E-state index in [1.807, 2.05) is 0 Å². The Kier molecular flexibility index (Phi) is 4.19. The smallest absolute Gasteiger partial charge is 0.123 e. The fraction of sp³-hybridized carbons (Fsp3) is 0.174. The normalized spacial score (nSPS) is 11.3. The Bertz CT molecular complexity index is 1040. The lowest BCUT2D eigenvalue weighted by Gasteiger charge is -2.12. The summed E-state index contributed by atoms with van der Waals surface area (Å²) in [6, 6.07) is 21.5. The Morgan fingerprint density at radius 1 is 0.920 bits per heavy atom. The van der Waals surface area contributed by atoms with E-state index in [-0.39, 0.29) is 5.82 Å². The van der Waals surface area contributed by atoms with Gasteiger partial charge in [0.1, 0.15) is 5.82 Å². The van der Waals surface area contributed by atoms with Crippen LogP contribution in [-0.2, 0) is 6.42 Å². The number of rotatable bonds is 4. The number of halogens is 1. The number of aryl methyl sites for hydroxylation is 1. The van der Waals surface area contributed by atoms with Crippen molar-refractivity contribution in [1.82, 2.24) is 4.98 Å². The van der Waals surface area contributed by atoms with Gasteiger partial charge in [0.05, 0.1) is 11.2 Å². The SMILES string of the molecule is CCCCc1cc(-c2ccc(F)cc2)nc2ccc3ccccc3c12. The molecule has 25 heavy (non-hydrogen) atoms. The fourth-order valence-electron chi connectivity index (χ4n) is 3.42. The lowest BCUT2D eigenvalue weighted by Crippen LogP contribution is -1.94. The maximum atomic E-state index is 13.3. The number of pyridine rings is 1. The third kappa shape index (κ3) is 3.00. The first kappa shape index (κ1) is 15.8. The van der Waals surface area contributed by atoms with Crippen molar-refractivity contribution in [1.29, 1.82) is 0 Å². The van der Waals surface area contributed by atoms with Gasteiger partial charge in [-0.15, -0.1) is 0 Å². The molecule has 3 aromatic carbocycles. The van der Waals surface area contributed by atoms with Crippen molar-refractivity contribution in [3.8, 4) is 11.3 Å². The molecule has 0 fully saturated rings. The average Bonchev–Trinajstić information content (AvgIpc) is 2.66. The second kappa shape index (κ2) is 6.64. The van der Waals surface area contributed by atoms with Crippen molar-refractivity contribution in [3.05, 3.63) is 78.1 Å². The van der Waals surface area contributed by atoms with E-state index < -0.39 is 0 Å². The van der Waals surface area contributed by atoms with Crippen LogP contribution in [0, 0.1) is 5.82 Å². The van der Waals surface area contributed by atoms with E-state index in [0.717, 1.165) is 36.0 Å². The summed E-state index contributed by atoms with van der Waals surface area (Å²) in [5.74, 6) is -0.221. The van der Waals surface area contributed by atoms with Crippen LogP contribution >= 0.6 is 0 Å². The van der Waals surface area contributed by atoms with Crippen LogP contribution in [0.1, 0.15) is 25.3 Å². The second-order valence-corrected chi connectivity index (χ2v) is 6.46. The van der Waals surface area contributed by atoms with Crippen LogP contribution in [0.3, 0.4) is 0 Å². The number of unbranched alkanes of at least 4 members (excludes halogenated alkanes) is 1. The minimum Gasteiger partial charge on any atom is -0.248 e. The monoisotopic (exact) mass is 329 g/mol. The van der Waals surface area contributed by atoms with E-state index in [2.05, 4.69) is 49.4 Å². The third-order valence-corrected chi connectivity index (χ3v) is 4.72. The molecule has 0 aliphatic heterocycles. The Hall–Kier alpha value is -2.74. The van der Waals surface area contributed by atoms with Crippen molar-refractivity contribution in [2.24, 2.45) is 0 Å². The van der Waals surface area contributed by atoms with E-state index in [4.69, 9.17) is 4.98 Å². The number of nitrogens with zero attached hydrogens (tertiary/aromatic N) is 1.